The molecule has 0 radical (unpaired) electrons. The Morgan fingerprint density at radius 2 is 0.571 bits per heavy atom. The van der Waals surface area contributed by atoms with Crippen LogP contribution in [-0.4, -0.2) is 18.2 Å². The second-order valence-electron chi connectivity index (χ2n) is 0.816. The molecule has 0 aromatic rings. The van der Waals surface area contributed by atoms with Gasteiger partial charge in [-0.25, -0.2) is 15.4 Å². The van der Waals surface area contributed by atoms with E-state index in [-0.39, 0.29) is 111 Å². The third kappa shape index (κ3) is 168. The van der Waals surface area contributed by atoms with Gasteiger partial charge in [-0.05, 0) is 0 Å². The number of hydrogen-bond donors (Lipinski definition) is 0. The van der Waals surface area contributed by atoms with E-state index < -0.39 is 15.4 Å². The van der Waals surface area contributed by atoms with Crippen molar-refractivity contribution in [3.63, 3.8) is 0 Å². The average molecular weight is 522 g/mol. The van der Waals surface area contributed by atoms with Crippen molar-refractivity contribution in [3.05, 3.63) is 0 Å². The van der Waals surface area contributed by atoms with Gasteiger partial charge in [0.1, 0.15) is 0 Å². The maximum atomic E-state index is 9.26. The molecule has 0 saturated carbocycles. The van der Waals surface area contributed by atoms with Gasteiger partial charge in [-0.2, -0.15) is 0 Å². The minimum Gasteiger partial charge on any atom is -0.801 e. The van der Waals surface area contributed by atoms with E-state index in [0.29, 0.717) is 0 Å². The van der Waals surface area contributed by atoms with Gasteiger partial charge in [0.15, 0.2) is 0 Å². The van der Waals surface area contributed by atoms with Crippen LogP contribution in [0.2, 0.25) is 0 Å². The standard InChI is InChI=1S/Au.3Na.2H2O2S3/c;;;;2*1-5(2,3)4/h;;;;2*(H2,1,2,3,4)/q4*+1;;/p-4. The SMILES string of the molecule is [Au+].[Na+].[Na+].[Na+].[O-]S([O-])(=S)=S.[O-]S([O-])(=S)=S. The van der Waals surface area contributed by atoms with E-state index in [1.54, 1.807) is 0 Å². The Bertz CT molecular complexity index is 221. The summed E-state index contributed by atoms with van der Waals surface area (Å²) in [4.78, 5) is 0. The topological polar surface area (TPSA) is 92.2 Å². The average Bonchev–Trinajstić information content (AvgIpc) is 1.12. The van der Waals surface area contributed by atoms with Crippen LogP contribution in [0.5, 0.6) is 0 Å². The molecule has 74 valence electrons. The van der Waals surface area contributed by atoms with Gasteiger partial charge in [-0.1, -0.05) is 44.8 Å². The zero-order valence-corrected chi connectivity index (χ0v) is 20.4. The molecule has 0 spiro atoms. The third-order valence-corrected chi connectivity index (χ3v) is 0. The Morgan fingerprint density at radius 3 is 0.571 bits per heavy atom. The van der Waals surface area contributed by atoms with Crippen LogP contribution in [0.4, 0.5) is 0 Å². The first kappa shape index (κ1) is 36.5. The molecule has 0 amide bonds. The minimum atomic E-state index is -3.50. The Labute approximate surface area is 185 Å². The molecule has 0 atom stereocenters. The monoisotopic (exact) mass is 522 g/mol. The fourth-order valence-corrected chi connectivity index (χ4v) is 0. The zero-order chi connectivity index (χ0) is 9.00. The van der Waals surface area contributed by atoms with Crippen molar-refractivity contribution in [1.29, 1.82) is 0 Å². The first-order valence-electron chi connectivity index (χ1n) is 1.33. The van der Waals surface area contributed by atoms with Crippen molar-refractivity contribution in [1.82, 2.24) is 0 Å². The fraction of sp³-hybridized carbons (Fsp3) is 0. The Kier molecular flexibility index (Phi) is 47.3. The fourth-order valence-electron chi connectivity index (χ4n) is 0. The number of hydrogen-bond acceptors (Lipinski definition) is 8. The van der Waals surface area contributed by atoms with E-state index in [4.69, 9.17) is 0 Å². The summed E-state index contributed by atoms with van der Waals surface area (Å²) in [5.41, 5.74) is 0. The van der Waals surface area contributed by atoms with Gasteiger partial charge in [-0.3, -0.25) is 0 Å². The van der Waals surface area contributed by atoms with E-state index in [9.17, 15) is 18.2 Å². The maximum Gasteiger partial charge on any atom is 1.00 e. The van der Waals surface area contributed by atoms with E-state index in [2.05, 4.69) is 44.8 Å². The Hall–Kier alpha value is 5.16. The normalized spacial score (nSPS) is 8.29. The van der Waals surface area contributed by atoms with Gasteiger partial charge >= 0.3 is 111 Å². The van der Waals surface area contributed by atoms with E-state index in [1.807, 2.05) is 0 Å². The van der Waals surface area contributed by atoms with Crippen LogP contribution >= 0.6 is 0 Å². The van der Waals surface area contributed by atoms with Crippen LogP contribution in [0.15, 0.2) is 0 Å². The van der Waals surface area contributed by atoms with Gasteiger partial charge in [-0.15, -0.1) is 0 Å². The molecule has 0 fully saturated rings. The summed E-state index contributed by atoms with van der Waals surface area (Å²) in [5.74, 6) is 0. The molecule has 0 aromatic carbocycles. The first-order chi connectivity index (χ1) is 4.00. The zero-order valence-electron chi connectivity index (χ0n) is 7.38. The van der Waals surface area contributed by atoms with Crippen molar-refractivity contribution < 1.29 is 129 Å². The quantitative estimate of drug-likeness (QED) is 0.290. The van der Waals surface area contributed by atoms with Crippen molar-refractivity contribution in [2.24, 2.45) is 0 Å². The molecule has 0 aliphatic rings. The van der Waals surface area contributed by atoms with Gasteiger partial charge in [0, 0.05) is 0 Å². The Morgan fingerprint density at radius 1 is 0.571 bits per heavy atom. The summed E-state index contributed by atoms with van der Waals surface area (Å²) in [6.45, 7) is 0. The van der Waals surface area contributed by atoms with Gasteiger partial charge < -0.3 is 18.2 Å². The second-order valence-corrected chi connectivity index (χ2v) is 8.98. The smallest absolute Gasteiger partial charge is 0.801 e. The van der Waals surface area contributed by atoms with Crippen LogP contribution in [0.3, 0.4) is 0 Å². The molecule has 14 heavy (non-hydrogen) atoms. The van der Waals surface area contributed by atoms with Crippen LogP contribution in [0.1, 0.15) is 0 Å². The molecule has 0 saturated heterocycles. The summed E-state index contributed by atoms with van der Waals surface area (Å²) >= 11 is 14.5. The molecule has 0 unspecified atom stereocenters. The summed E-state index contributed by atoms with van der Waals surface area (Å²) in [6, 6.07) is 0. The molecule has 0 heterocycles. The van der Waals surface area contributed by atoms with Crippen molar-refractivity contribution in [2.75, 3.05) is 0 Å². The second kappa shape index (κ2) is 18.2. The summed E-state index contributed by atoms with van der Waals surface area (Å²) in [6.07, 6.45) is 0. The molecule has 14 heteroatoms. The predicted molar refractivity (Wildman–Crippen MR) is 47.3 cm³/mol. The summed E-state index contributed by atoms with van der Waals surface area (Å²) in [7, 11) is -7.00. The molecule has 0 bridgehead atoms. The third-order valence-electron chi connectivity index (χ3n) is 0. The minimum absolute atomic E-state index is 0. The van der Waals surface area contributed by atoms with E-state index >= 15 is 0 Å². The molecule has 0 rings (SSSR count). The maximum absolute atomic E-state index is 9.26. The number of rotatable bonds is 0. The first-order valence-corrected chi connectivity index (χ1v) is 8.00. The van der Waals surface area contributed by atoms with Crippen LogP contribution in [0, 0.1) is 0 Å². The molecular weight excluding hydrogens is 522 g/mol. The van der Waals surface area contributed by atoms with Crippen molar-refractivity contribution in [2.45, 2.75) is 0 Å². The van der Waals surface area contributed by atoms with Gasteiger partial charge in [0.2, 0.25) is 0 Å². The summed E-state index contributed by atoms with van der Waals surface area (Å²) < 4.78 is 37.0. The molecule has 0 aliphatic heterocycles. The van der Waals surface area contributed by atoms with E-state index in [0.717, 1.165) is 0 Å². The van der Waals surface area contributed by atoms with Crippen LogP contribution < -0.4 is 88.7 Å². The van der Waals surface area contributed by atoms with Crippen LogP contribution in [-0.2, 0) is 82.5 Å². The molecular formula is AuNa3O4S6. The van der Waals surface area contributed by atoms with Crippen molar-refractivity contribution >= 4 is 60.2 Å². The molecule has 0 N–H and O–H groups in total. The predicted octanol–water partition coefficient (Wildman–Crippen LogP) is -10.3. The van der Waals surface area contributed by atoms with Crippen LogP contribution in [0.25, 0.3) is 0 Å². The van der Waals surface area contributed by atoms with E-state index in [1.165, 1.54) is 0 Å². The molecule has 4 nitrogen and oxygen atoms in total. The van der Waals surface area contributed by atoms with Crippen molar-refractivity contribution in [3.8, 4) is 0 Å². The largest absolute Gasteiger partial charge is 1.00 e. The molecule has 0 aliphatic carbocycles. The Balaban J connectivity index is -0.0000000178. The molecule has 0 aromatic heterocycles. The van der Waals surface area contributed by atoms with Gasteiger partial charge in [0.25, 0.3) is 0 Å². The summed E-state index contributed by atoms with van der Waals surface area (Å²) in [5, 5.41) is 0. The van der Waals surface area contributed by atoms with Gasteiger partial charge in [0.05, 0.1) is 0 Å².